The maximum atomic E-state index is 12.6. The highest BCUT2D eigenvalue weighted by molar-refractivity contribution is 14.0. The van der Waals surface area contributed by atoms with Gasteiger partial charge in [-0.25, -0.2) is 0 Å². The fourth-order valence-electron chi connectivity index (χ4n) is 3.76. The Morgan fingerprint density at radius 1 is 1.10 bits per heavy atom. The second-order valence-electron chi connectivity index (χ2n) is 7.72. The van der Waals surface area contributed by atoms with Crippen LogP contribution in [-0.4, -0.2) is 36.9 Å². The van der Waals surface area contributed by atoms with E-state index in [4.69, 9.17) is 0 Å². The molecule has 0 bridgehead atoms. The normalized spacial score (nSPS) is 13.3. The summed E-state index contributed by atoms with van der Waals surface area (Å²) in [4.78, 5) is 18.8. The Morgan fingerprint density at radius 2 is 1.87 bits per heavy atom. The molecule has 162 valence electrons. The average molecular weight is 520 g/mol. The standard InChI is InChI=1S/C24H32N4O.HI/c1-18-10-11-21(19(2)15-18)16-27-24(25-3)26-13-6-9-23(29)28-14-12-20-7-4-5-8-22(20)17-28;/h4-5,7-8,10-11,15H,6,9,12-14,16-17H2,1-3H3,(H2,25,26,27);1H. The zero-order chi connectivity index (χ0) is 20.6. The number of guanidine groups is 1. The molecule has 0 saturated heterocycles. The number of hydrogen-bond acceptors (Lipinski definition) is 2. The Kier molecular flexibility index (Phi) is 9.62. The number of halogens is 1. The predicted octanol–water partition coefficient (Wildman–Crippen LogP) is 3.95. The zero-order valence-corrected chi connectivity index (χ0v) is 20.5. The van der Waals surface area contributed by atoms with Gasteiger partial charge in [0.25, 0.3) is 0 Å². The summed E-state index contributed by atoms with van der Waals surface area (Å²) in [7, 11) is 1.77. The molecule has 0 fully saturated rings. The van der Waals surface area contributed by atoms with Crippen molar-refractivity contribution in [3.8, 4) is 0 Å². The molecule has 0 saturated carbocycles. The first-order valence-corrected chi connectivity index (χ1v) is 10.4. The van der Waals surface area contributed by atoms with E-state index < -0.39 is 0 Å². The molecule has 0 unspecified atom stereocenters. The van der Waals surface area contributed by atoms with Crippen molar-refractivity contribution in [2.45, 2.75) is 46.2 Å². The molecule has 0 atom stereocenters. The second-order valence-corrected chi connectivity index (χ2v) is 7.72. The molecule has 1 aliphatic heterocycles. The van der Waals surface area contributed by atoms with Gasteiger partial charge in [-0.3, -0.25) is 9.79 Å². The number of fused-ring (bicyclic) bond motifs is 1. The molecule has 2 N–H and O–H groups in total. The van der Waals surface area contributed by atoms with Crippen molar-refractivity contribution >= 4 is 35.8 Å². The van der Waals surface area contributed by atoms with E-state index in [0.29, 0.717) is 6.42 Å². The number of nitrogens with zero attached hydrogens (tertiary/aromatic N) is 2. The third kappa shape index (κ3) is 6.72. The molecule has 0 radical (unpaired) electrons. The van der Waals surface area contributed by atoms with Crippen LogP contribution in [0.5, 0.6) is 0 Å². The van der Waals surface area contributed by atoms with Gasteiger partial charge in [0.15, 0.2) is 5.96 Å². The largest absolute Gasteiger partial charge is 0.356 e. The summed E-state index contributed by atoms with van der Waals surface area (Å²) < 4.78 is 0. The van der Waals surface area contributed by atoms with Crippen LogP contribution < -0.4 is 10.6 Å². The summed E-state index contributed by atoms with van der Waals surface area (Å²) in [5.74, 6) is 1.00. The lowest BCUT2D eigenvalue weighted by Gasteiger charge is -2.29. The minimum Gasteiger partial charge on any atom is -0.356 e. The Balaban J connectivity index is 0.00000320. The maximum Gasteiger partial charge on any atom is 0.222 e. The number of nitrogens with one attached hydrogen (secondary N) is 2. The van der Waals surface area contributed by atoms with Gasteiger partial charge >= 0.3 is 0 Å². The van der Waals surface area contributed by atoms with Crippen LogP contribution in [0.3, 0.4) is 0 Å². The summed E-state index contributed by atoms with van der Waals surface area (Å²) in [6.45, 7) is 7.25. The van der Waals surface area contributed by atoms with Crippen LogP contribution >= 0.6 is 24.0 Å². The molecule has 1 heterocycles. The molecule has 3 rings (SSSR count). The monoisotopic (exact) mass is 520 g/mol. The van der Waals surface area contributed by atoms with E-state index in [9.17, 15) is 4.79 Å². The van der Waals surface area contributed by atoms with Gasteiger partial charge in [0, 0.05) is 39.6 Å². The van der Waals surface area contributed by atoms with Crippen LogP contribution in [-0.2, 0) is 24.3 Å². The number of benzene rings is 2. The molecule has 1 amide bonds. The lowest BCUT2D eigenvalue weighted by Crippen LogP contribution is -2.38. The topological polar surface area (TPSA) is 56.7 Å². The number of amides is 1. The highest BCUT2D eigenvalue weighted by Crippen LogP contribution is 2.19. The first kappa shape index (κ1) is 24.2. The third-order valence-corrected chi connectivity index (χ3v) is 5.51. The van der Waals surface area contributed by atoms with E-state index in [1.54, 1.807) is 7.05 Å². The first-order valence-electron chi connectivity index (χ1n) is 10.4. The summed E-state index contributed by atoms with van der Waals surface area (Å²) in [5.41, 5.74) is 6.47. The van der Waals surface area contributed by atoms with Crippen molar-refractivity contribution < 1.29 is 4.79 Å². The molecule has 5 nitrogen and oxygen atoms in total. The van der Waals surface area contributed by atoms with E-state index >= 15 is 0 Å². The zero-order valence-electron chi connectivity index (χ0n) is 18.2. The molecule has 0 spiro atoms. The lowest BCUT2D eigenvalue weighted by atomic mass is 9.99. The quantitative estimate of drug-likeness (QED) is 0.263. The number of aryl methyl sites for hydroxylation is 2. The lowest BCUT2D eigenvalue weighted by molar-refractivity contribution is -0.132. The number of carbonyl (C=O) groups excluding carboxylic acids is 1. The van der Waals surface area contributed by atoms with Crippen LogP contribution in [0.15, 0.2) is 47.5 Å². The third-order valence-electron chi connectivity index (χ3n) is 5.51. The highest BCUT2D eigenvalue weighted by atomic mass is 127. The van der Waals surface area contributed by atoms with Gasteiger partial charge in [0.05, 0.1) is 0 Å². The number of aliphatic imine (C=N–C) groups is 1. The van der Waals surface area contributed by atoms with Gasteiger partial charge in [-0.2, -0.15) is 0 Å². The van der Waals surface area contributed by atoms with Crippen molar-refractivity contribution in [3.63, 3.8) is 0 Å². The molecule has 2 aromatic carbocycles. The first-order chi connectivity index (χ1) is 14.1. The van der Waals surface area contributed by atoms with E-state index in [2.05, 4.69) is 65.9 Å². The average Bonchev–Trinajstić information content (AvgIpc) is 2.73. The Morgan fingerprint density at radius 3 is 2.60 bits per heavy atom. The summed E-state index contributed by atoms with van der Waals surface area (Å²) in [6.07, 6.45) is 2.31. The van der Waals surface area contributed by atoms with Gasteiger partial charge < -0.3 is 15.5 Å². The number of hydrogen-bond donors (Lipinski definition) is 2. The van der Waals surface area contributed by atoms with Crippen molar-refractivity contribution in [3.05, 3.63) is 70.3 Å². The number of carbonyl (C=O) groups is 1. The molecule has 6 heteroatoms. The van der Waals surface area contributed by atoms with E-state index in [1.165, 1.54) is 27.8 Å². The Bertz CT molecular complexity index is 881. The SMILES string of the molecule is CN=C(NCCCC(=O)N1CCc2ccccc2C1)NCc1ccc(C)cc1C.I. The van der Waals surface area contributed by atoms with E-state index in [-0.39, 0.29) is 29.9 Å². The molecule has 1 aliphatic rings. The van der Waals surface area contributed by atoms with Crippen LogP contribution in [0.2, 0.25) is 0 Å². The van der Waals surface area contributed by atoms with Crippen LogP contribution in [0, 0.1) is 13.8 Å². The summed E-state index contributed by atoms with van der Waals surface area (Å²) >= 11 is 0. The van der Waals surface area contributed by atoms with Crippen molar-refractivity contribution in [2.24, 2.45) is 4.99 Å². The Hall–Kier alpha value is -2.09. The van der Waals surface area contributed by atoms with Gasteiger partial charge in [-0.05, 0) is 48.9 Å². The molecule has 2 aromatic rings. The van der Waals surface area contributed by atoms with Crippen molar-refractivity contribution in [1.29, 1.82) is 0 Å². The summed E-state index contributed by atoms with van der Waals surface area (Å²) in [6, 6.07) is 14.9. The highest BCUT2D eigenvalue weighted by Gasteiger charge is 2.19. The van der Waals surface area contributed by atoms with Gasteiger partial charge in [0.1, 0.15) is 0 Å². The van der Waals surface area contributed by atoms with Gasteiger partial charge in [-0.15, -0.1) is 24.0 Å². The van der Waals surface area contributed by atoms with E-state index in [0.717, 1.165) is 45.0 Å². The maximum absolute atomic E-state index is 12.6. The Labute approximate surface area is 197 Å². The fourth-order valence-corrected chi connectivity index (χ4v) is 3.76. The molecular weight excluding hydrogens is 487 g/mol. The van der Waals surface area contributed by atoms with Crippen molar-refractivity contribution in [2.75, 3.05) is 20.1 Å². The van der Waals surface area contributed by atoms with E-state index in [1.807, 2.05) is 11.0 Å². The predicted molar refractivity (Wildman–Crippen MR) is 134 cm³/mol. The molecular formula is C24H33IN4O. The number of rotatable bonds is 6. The minimum absolute atomic E-state index is 0. The van der Waals surface area contributed by atoms with Gasteiger partial charge in [0.2, 0.25) is 5.91 Å². The fraction of sp³-hybridized carbons (Fsp3) is 0.417. The molecule has 0 aromatic heterocycles. The van der Waals surface area contributed by atoms with Crippen molar-refractivity contribution in [1.82, 2.24) is 15.5 Å². The van der Waals surface area contributed by atoms with Crippen LogP contribution in [0.4, 0.5) is 0 Å². The second kappa shape index (κ2) is 11.9. The smallest absolute Gasteiger partial charge is 0.222 e. The molecule has 30 heavy (non-hydrogen) atoms. The van der Waals surface area contributed by atoms with Crippen LogP contribution in [0.25, 0.3) is 0 Å². The minimum atomic E-state index is 0. The summed E-state index contributed by atoms with van der Waals surface area (Å²) in [5, 5.41) is 6.66. The van der Waals surface area contributed by atoms with Crippen LogP contribution in [0.1, 0.15) is 40.7 Å². The molecule has 0 aliphatic carbocycles. The van der Waals surface area contributed by atoms with Gasteiger partial charge in [-0.1, -0.05) is 48.0 Å².